The van der Waals surface area contributed by atoms with E-state index in [4.69, 9.17) is 14.2 Å². The van der Waals surface area contributed by atoms with Gasteiger partial charge in [-0.2, -0.15) is 4.31 Å². The molecular formula is C24H32N2O6S. The molecule has 0 saturated carbocycles. The summed E-state index contributed by atoms with van der Waals surface area (Å²) in [6, 6.07) is 10.7. The minimum atomic E-state index is -3.76. The second-order valence-electron chi connectivity index (χ2n) is 8.00. The highest BCUT2D eigenvalue weighted by atomic mass is 32.2. The number of hydrogen-bond acceptors (Lipinski definition) is 6. The molecule has 1 N–H and O–H groups in total. The number of morpholine rings is 1. The second kappa shape index (κ2) is 11.5. The fraction of sp³-hybridized carbons (Fsp3) is 0.458. The normalized spacial score (nSPS) is 14.6. The van der Waals surface area contributed by atoms with Crippen molar-refractivity contribution >= 4 is 21.6 Å². The number of aryl methyl sites for hydroxylation is 2. The lowest BCUT2D eigenvalue weighted by Crippen LogP contribution is -2.40. The van der Waals surface area contributed by atoms with Crippen LogP contribution in [0, 0.1) is 13.8 Å². The van der Waals surface area contributed by atoms with Gasteiger partial charge in [-0.1, -0.05) is 12.1 Å². The van der Waals surface area contributed by atoms with E-state index in [0.717, 1.165) is 23.3 Å². The predicted molar refractivity (Wildman–Crippen MR) is 126 cm³/mol. The van der Waals surface area contributed by atoms with Gasteiger partial charge in [-0.3, -0.25) is 4.79 Å². The largest absolute Gasteiger partial charge is 0.495 e. The van der Waals surface area contributed by atoms with Gasteiger partial charge in [-0.15, -0.1) is 0 Å². The Hall–Kier alpha value is -2.62. The summed E-state index contributed by atoms with van der Waals surface area (Å²) >= 11 is 0. The van der Waals surface area contributed by atoms with E-state index in [1.54, 1.807) is 12.1 Å². The Balaban J connectivity index is 1.54. The van der Waals surface area contributed by atoms with Gasteiger partial charge in [0.25, 0.3) is 0 Å². The molecule has 1 heterocycles. The van der Waals surface area contributed by atoms with Crippen molar-refractivity contribution < 1.29 is 27.4 Å². The molecule has 1 saturated heterocycles. The Kier molecular flexibility index (Phi) is 8.71. The number of anilines is 1. The smallest absolute Gasteiger partial charge is 0.246 e. The first-order valence-electron chi connectivity index (χ1n) is 11.1. The van der Waals surface area contributed by atoms with E-state index >= 15 is 0 Å². The van der Waals surface area contributed by atoms with Crippen LogP contribution in [0.3, 0.4) is 0 Å². The number of hydrogen-bond donors (Lipinski definition) is 1. The second-order valence-corrected chi connectivity index (χ2v) is 9.91. The van der Waals surface area contributed by atoms with E-state index in [0.29, 0.717) is 38.3 Å². The molecule has 1 aliphatic rings. The van der Waals surface area contributed by atoms with Gasteiger partial charge in [-0.05, 0) is 62.1 Å². The Labute approximate surface area is 195 Å². The van der Waals surface area contributed by atoms with E-state index in [1.807, 2.05) is 32.0 Å². The highest BCUT2D eigenvalue weighted by Crippen LogP contribution is 2.30. The predicted octanol–water partition coefficient (Wildman–Crippen LogP) is 3.52. The molecule has 1 fully saturated rings. The Morgan fingerprint density at radius 2 is 1.82 bits per heavy atom. The zero-order valence-electron chi connectivity index (χ0n) is 19.4. The van der Waals surface area contributed by atoms with Crippen molar-refractivity contribution in [3.63, 3.8) is 0 Å². The minimum absolute atomic E-state index is 0.0339. The van der Waals surface area contributed by atoms with Crippen LogP contribution in [0.1, 0.15) is 30.4 Å². The molecule has 2 aromatic rings. The number of unbranched alkanes of at least 4 members (excludes halogenated alkanes) is 1. The fourth-order valence-electron chi connectivity index (χ4n) is 3.54. The van der Waals surface area contributed by atoms with Gasteiger partial charge in [-0.25, -0.2) is 8.42 Å². The zero-order chi connectivity index (χ0) is 23.8. The van der Waals surface area contributed by atoms with Crippen LogP contribution >= 0.6 is 0 Å². The Morgan fingerprint density at radius 3 is 2.55 bits per heavy atom. The number of benzene rings is 2. The maximum absolute atomic E-state index is 13.1. The topological polar surface area (TPSA) is 94.2 Å². The molecule has 1 amide bonds. The third kappa shape index (κ3) is 6.69. The first-order valence-corrected chi connectivity index (χ1v) is 12.5. The molecule has 3 rings (SSSR count). The molecule has 0 aromatic heterocycles. The average Bonchev–Trinajstić information content (AvgIpc) is 2.81. The SMILES string of the molecule is COc1ccc(NC(=O)CCCCOc2cc(C)ccc2C)cc1S(=O)(=O)N1CCOCC1. The number of carbonyl (C=O) groups is 1. The van der Waals surface area contributed by atoms with Gasteiger partial charge >= 0.3 is 0 Å². The van der Waals surface area contributed by atoms with Gasteiger partial charge in [0.05, 0.1) is 26.9 Å². The summed E-state index contributed by atoms with van der Waals surface area (Å²) in [5.41, 5.74) is 2.64. The number of methoxy groups -OCH3 is 1. The summed E-state index contributed by atoms with van der Waals surface area (Å²) in [5, 5.41) is 2.79. The van der Waals surface area contributed by atoms with Crippen molar-refractivity contribution in [2.75, 3.05) is 45.3 Å². The molecular weight excluding hydrogens is 444 g/mol. The molecule has 180 valence electrons. The number of sulfonamides is 1. The van der Waals surface area contributed by atoms with Gasteiger partial charge in [0.2, 0.25) is 15.9 Å². The summed E-state index contributed by atoms with van der Waals surface area (Å²) in [6.45, 7) is 5.83. The number of rotatable bonds is 10. The maximum atomic E-state index is 13.1. The van der Waals surface area contributed by atoms with Crippen LogP contribution < -0.4 is 14.8 Å². The van der Waals surface area contributed by atoms with Crippen LogP contribution in [0.2, 0.25) is 0 Å². The molecule has 9 heteroatoms. The molecule has 0 atom stereocenters. The van der Waals surface area contributed by atoms with Crippen molar-refractivity contribution in [3.05, 3.63) is 47.5 Å². The molecule has 0 unspecified atom stereocenters. The monoisotopic (exact) mass is 476 g/mol. The van der Waals surface area contributed by atoms with Crippen molar-refractivity contribution in [1.29, 1.82) is 0 Å². The van der Waals surface area contributed by atoms with Crippen molar-refractivity contribution in [2.24, 2.45) is 0 Å². The third-order valence-corrected chi connectivity index (χ3v) is 7.35. The molecule has 1 aliphatic heterocycles. The summed E-state index contributed by atoms with van der Waals surface area (Å²) in [4.78, 5) is 12.4. The van der Waals surface area contributed by atoms with E-state index in [-0.39, 0.29) is 29.6 Å². The maximum Gasteiger partial charge on any atom is 0.246 e. The summed E-state index contributed by atoms with van der Waals surface area (Å²) in [7, 11) is -2.34. The first kappa shape index (κ1) is 25.0. The summed E-state index contributed by atoms with van der Waals surface area (Å²) in [6.07, 6.45) is 1.71. The van der Waals surface area contributed by atoms with Crippen molar-refractivity contribution in [2.45, 2.75) is 38.0 Å². The number of amides is 1. The van der Waals surface area contributed by atoms with Crippen LogP contribution in [0.25, 0.3) is 0 Å². The number of carbonyl (C=O) groups excluding carboxylic acids is 1. The lowest BCUT2D eigenvalue weighted by molar-refractivity contribution is -0.116. The van der Waals surface area contributed by atoms with E-state index in [9.17, 15) is 13.2 Å². The van der Waals surface area contributed by atoms with Crippen molar-refractivity contribution in [3.8, 4) is 11.5 Å². The minimum Gasteiger partial charge on any atom is -0.495 e. The highest BCUT2D eigenvalue weighted by Gasteiger charge is 2.29. The van der Waals surface area contributed by atoms with Crippen molar-refractivity contribution in [1.82, 2.24) is 4.31 Å². The first-order chi connectivity index (χ1) is 15.8. The van der Waals surface area contributed by atoms with E-state index in [1.165, 1.54) is 17.5 Å². The van der Waals surface area contributed by atoms with Crippen LogP contribution in [-0.2, 0) is 19.6 Å². The van der Waals surface area contributed by atoms with Gasteiger partial charge in [0.1, 0.15) is 16.4 Å². The highest BCUT2D eigenvalue weighted by molar-refractivity contribution is 7.89. The Bertz CT molecular complexity index is 1060. The van der Waals surface area contributed by atoms with Crippen LogP contribution in [0.5, 0.6) is 11.5 Å². The lowest BCUT2D eigenvalue weighted by atomic mass is 10.1. The number of nitrogens with one attached hydrogen (secondary N) is 1. The molecule has 0 radical (unpaired) electrons. The summed E-state index contributed by atoms with van der Waals surface area (Å²) in [5.74, 6) is 0.927. The van der Waals surface area contributed by atoms with Gasteiger partial charge < -0.3 is 19.5 Å². The fourth-order valence-corrected chi connectivity index (χ4v) is 5.13. The van der Waals surface area contributed by atoms with Gasteiger partial charge in [0, 0.05) is 25.2 Å². The quantitative estimate of drug-likeness (QED) is 0.528. The summed E-state index contributed by atoms with van der Waals surface area (Å²) < 4.78 is 43.9. The lowest BCUT2D eigenvalue weighted by Gasteiger charge is -2.26. The van der Waals surface area contributed by atoms with Crippen LogP contribution in [0.4, 0.5) is 5.69 Å². The average molecular weight is 477 g/mol. The number of nitrogens with zero attached hydrogens (tertiary/aromatic N) is 1. The zero-order valence-corrected chi connectivity index (χ0v) is 20.2. The standard InChI is InChI=1S/C24H32N2O6S/c1-18-7-8-19(2)22(16-18)32-13-5-4-6-24(27)25-20-9-10-21(30-3)23(17-20)33(28,29)26-11-14-31-15-12-26/h7-10,16-17H,4-6,11-15H2,1-3H3,(H,25,27). The van der Waals surface area contributed by atoms with Crippen LogP contribution in [0.15, 0.2) is 41.3 Å². The number of ether oxygens (including phenoxy) is 3. The molecule has 0 bridgehead atoms. The third-order valence-electron chi connectivity index (χ3n) is 5.43. The van der Waals surface area contributed by atoms with E-state index in [2.05, 4.69) is 5.32 Å². The van der Waals surface area contributed by atoms with Crippen LogP contribution in [-0.4, -0.2) is 58.7 Å². The molecule has 8 nitrogen and oxygen atoms in total. The Morgan fingerprint density at radius 1 is 1.06 bits per heavy atom. The molecule has 0 aliphatic carbocycles. The molecule has 2 aromatic carbocycles. The molecule has 33 heavy (non-hydrogen) atoms. The van der Waals surface area contributed by atoms with E-state index < -0.39 is 10.0 Å². The van der Waals surface area contributed by atoms with Gasteiger partial charge in [0.15, 0.2) is 0 Å². The molecule has 0 spiro atoms.